The van der Waals surface area contributed by atoms with Gasteiger partial charge in [0.2, 0.25) is 0 Å². The molecule has 0 bridgehead atoms. The van der Waals surface area contributed by atoms with E-state index >= 15 is 0 Å². The van der Waals surface area contributed by atoms with E-state index in [1.54, 1.807) is 18.7 Å². The Morgan fingerprint density at radius 1 is 1.13 bits per heavy atom. The molecule has 0 spiro atoms. The van der Waals surface area contributed by atoms with Crippen LogP contribution in [0.4, 0.5) is 0 Å². The van der Waals surface area contributed by atoms with E-state index in [1.165, 1.54) is 17.9 Å². The van der Waals surface area contributed by atoms with Crippen LogP contribution in [0.2, 0.25) is 0 Å². The minimum Gasteiger partial charge on any atom is -0.328 e. The van der Waals surface area contributed by atoms with Gasteiger partial charge in [-0.2, -0.15) is 0 Å². The molecular formula is C8H10IrN4O2. The van der Waals surface area contributed by atoms with E-state index in [4.69, 9.17) is 0 Å². The first-order valence-electron chi connectivity index (χ1n) is 4.11. The van der Waals surface area contributed by atoms with E-state index in [0.29, 0.717) is 11.2 Å². The van der Waals surface area contributed by atoms with Gasteiger partial charge in [-0.05, 0) is 0 Å². The van der Waals surface area contributed by atoms with Gasteiger partial charge in [0, 0.05) is 41.2 Å². The minimum atomic E-state index is -0.360. The van der Waals surface area contributed by atoms with Crippen molar-refractivity contribution in [2.24, 2.45) is 21.1 Å². The van der Waals surface area contributed by atoms with E-state index < -0.39 is 0 Å². The van der Waals surface area contributed by atoms with E-state index in [9.17, 15) is 9.59 Å². The van der Waals surface area contributed by atoms with E-state index in [-0.39, 0.29) is 31.4 Å². The Hall–Kier alpha value is -1.20. The average Bonchev–Trinajstić information content (AvgIpc) is 2.54. The van der Waals surface area contributed by atoms with Gasteiger partial charge in [-0.15, -0.1) is 0 Å². The van der Waals surface area contributed by atoms with Crippen molar-refractivity contribution >= 4 is 11.2 Å². The molecule has 83 valence electrons. The summed E-state index contributed by atoms with van der Waals surface area (Å²) in [5.74, 6) is 0. The van der Waals surface area contributed by atoms with Gasteiger partial charge in [-0.1, -0.05) is 0 Å². The summed E-state index contributed by atoms with van der Waals surface area (Å²) in [7, 11) is 4.77. The maximum atomic E-state index is 11.7. The van der Waals surface area contributed by atoms with Crippen molar-refractivity contribution in [3.63, 3.8) is 0 Å². The van der Waals surface area contributed by atoms with Gasteiger partial charge >= 0.3 is 5.69 Å². The van der Waals surface area contributed by atoms with Gasteiger partial charge < -0.3 is 4.57 Å². The summed E-state index contributed by atoms with van der Waals surface area (Å²) in [4.78, 5) is 27.2. The molecule has 0 aliphatic carbocycles. The van der Waals surface area contributed by atoms with Gasteiger partial charge in [-0.25, -0.2) is 9.78 Å². The van der Waals surface area contributed by atoms with Crippen LogP contribution >= 0.6 is 0 Å². The molecule has 0 aliphatic heterocycles. The summed E-state index contributed by atoms with van der Waals surface area (Å²) in [5, 5.41) is 0. The molecule has 2 rings (SSSR count). The molecule has 2 heterocycles. The third-order valence-electron chi connectivity index (χ3n) is 2.32. The maximum Gasteiger partial charge on any atom is 0.332 e. The number of rotatable bonds is 0. The molecule has 0 unspecified atom stereocenters. The molecular weight excluding hydrogens is 376 g/mol. The Morgan fingerprint density at radius 3 is 2.33 bits per heavy atom. The van der Waals surface area contributed by atoms with Gasteiger partial charge in [0.1, 0.15) is 0 Å². The van der Waals surface area contributed by atoms with Crippen molar-refractivity contribution in [2.75, 3.05) is 0 Å². The zero-order valence-corrected chi connectivity index (χ0v) is 10.9. The molecule has 6 nitrogen and oxygen atoms in total. The topological polar surface area (TPSA) is 61.8 Å². The average molecular weight is 386 g/mol. The van der Waals surface area contributed by atoms with Crippen LogP contribution in [0.3, 0.4) is 0 Å². The van der Waals surface area contributed by atoms with Crippen molar-refractivity contribution < 1.29 is 20.1 Å². The number of aryl methyl sites for hydroxylation is 2. The first-order valence-corrected chi connectivity index (χ1v) is 4.11. The largest absolute Gasteiger partial charge is 0.332 e. The third kappa shape index (κ3) is 1.48. The zero-order valence-electron chi connectivity index (χ0n) is 8.52. The number of hydrogen-bond donors (Lipinski definition) is 0. The molecule has 2 aromatic heterocycles. The molecule has 0 N–H and O–H groups in total. The smallest absolute Gasteiger partial charge is 0.328 e. The van der Waals surface area contributed by atoms with Crippen LogP contribution in [0.5, 0.6) is 0 Å². The molecule has 7 heteroatoms. The number of fused-ring (bicyclic) bond motifs is 1. The molecule has 1 radical (unpaired) electrons. The molecule has 0 amide bonds. The van der Waals surface area contributed by atoms with Crippen molar-refractivity contribution in [2.45, 2.75) is 0 Å². The minimum absolute atomic E-state index is 0. The molecule has 0 saturated carbocycles. The second-order valence-electron chi connectivity index (χ2n) is 3.23. The number of imidazole rings is 1. The van der Waals surface area contributed by atoms with Gasteiger partial charge in [-0.3, -0.25) is 13.9 Å². The molecule has 0 aromatic carbocycles. The third-order valence-corrected chi connectivity index (χ3v) is 2.32. The summed E-state index contributed by atoms with van der Waals surface area (Å²) in [6.45, 7) is 0. The first-order chi connectivity index (χ1) is 6.54. The fourth-order valence-electron chi connectivity index (χ4n) is 1.47. The Bertz CT molecular complexity index is 622. The summed E-state index contributed by atoms with van der Waals surface area (Å²) < 4.78 is 4.04. The Morgan fingerprint density at radius 2 is 1.73 bits per heavy atom. The second kappa shape index (κ2) is 3.75. The summed E-state index contributed by atoms with van der Waals surface area (Å²) in [6.07, 6.45) is 1.52. The predicted octanol–water partition coefficient (Wildman–Crippen LogP) is -1.03. The normalized spacial score (nSPS) is 10.3. The van der Waals surface area contributed by atoms with Crippen molar-refractivity contribution in [3.8, 4) is 0 Å². The fourth-order valence-corrected chi connectivity index (χ4v) is 1.47. The van der Waals surface area contributed by atoms with Crippen LogP contribution in [-0.4, -0.2) is 18.7 Å². The van der Waals surface area contributed by atoms with Crippen LogP contribution < -0.4 is 11.2 Å². The monoisotopic (exact) mass is 387 g/mol. The molecule has 0 saturated heterocycles. The van der Waals surface area contributed by atoms with Crippen molar-refractivity contribution in [1.82, 2.24) is 18.7 Å². The number of hydrogen-bond acceptors (Lipinski definition) is 3. The zero-order chi connectivity index (χ0) is 10.5. The van der Waals surface area contributed by atoms with Gasteiger partial charge in [0.05, 0.1) is 6.33 Å². The van der Waals surface area contributed by atoms with Crippen LogP contribution in [0.1, 0.15) is 0 Å². The quantitative estimate of drug-likeness (QED) is 0.582. The van der Waals surface area contributed by atoms with Crippen LogP contribution in [-0.2, 0) is 41.2 Å². The standard InChI is InChI=1S/C8H10N4O2.Ir/c1-10-4-9-6-5(10)7(13)12(3)8(14)11(6)2;/h4H,1-3H3;. The number of aromatic nitrogens is 4. The Balaban J connectivity index is 0.00000112. The first kappa shape index (κ1) is 11.9. The Kier molecular flexibility index (Phi) is 2.97. The number of nitrogens with zero attached hydrogens (tertiary/aromatic N) is 4. The molecule has 2 aromatic rings. The van der Waals surface area contributed by atoms with Crippen LogP contribution in [0, 0.1) is 0 Å². The van der Waals surface area contributed by atoms with E-state index in [2.05, 4.69) is 4.98 Å². The molecule has 0 atom stereocenters. The summed E-state index contributed by atoms with van der Waals surface area (Å²) >= 11 is 0. The fraction of sp³-hybridized carbons (Fsp3) is 0.375. The second-order valence-corrected chi connectivity index (χ2v) is 3.23. The molecule has 15 heavy (non-hydrogen) atoms. The summed E-state index contributed by atoms with van der Waals surface area (Å²) in [6, 6.07) is 0. The van der Waals surface area contributed by atoms with E-state index in [1.807, 2.05) is 0 Å². The predicted molar refractivity (Wildman–Crippen MR) is 51.2 cm³/mol. The van der Waals surface area contributed by atoms with Crippen LogP contribution in [0.25, 0.3) is 11.2 Å². The summed E-state index contributed by atoms with van der Waals surface area (Å²) in [5.41, 5.74) is 0.180. The van der Waals surface area contributed by atoms with E-state index in [0.717, 1.165) is 4.57 Å². The molecule has 0 aliphatic rings. The van der Waals surface area contributed by atoms with Crippen molar-refractivity contribution in [3.05, 3.63) is 27.2 Å². The van der Waals surface area contributed by atoms with Gasteiger partial charge in [0.25, 0.3) is 5.56 Å². The SMILES string of the molecule is Cn1c(=O)c2c(ncn2C)n(C)c1=O.[Ir]. The maximum absolute atomic E-state index is 11.7. The van der Waals surface area contributed by atoms with Crippen molar-refractivity contribution in [1.29, 1.82) is 0 Å². The Labute approximate surface area is 98.5 Å². The molecule has 0 fully saturated rings. The van der Waals surface area contributed by atoms with Gasteiger partial charge in [0.15, 0.2) is 11.2 Å². The van der Waals surface area contributed by atoms with Crippen LogP contribution in [0.15, 0.2) is 15.9 Å².